The predicted octanol–water partition coefficient (Wildman–Crippen LogP) is 1.79. The van der Waals surface area contributed by atoms with Crippen LogP contribution in [0.4, 0.5) is 0 Å². The molecule has 1 amide bonds. The van der Waals surface area contributed by atoms with E-state index in [1.165, 1.54) is 19.3 Å². The van der Waals surface area contributed by atoms with Crippen LogP contribution in [0, 0.1) is 0 Å². The highest BCUT2D eigenvalue weighted by atomic mass is 16.5. The van der Waals surface area contributed by atoms with Crippen LogP contribution in [0.15, 0.2) is 0 Å². The Hall–Kier alpha value is -0.610. The van der Waals surface area contributed by atoms with Gasteiger partial charge in [0.25, 0.3) is 0 Å². The number of amides is 1. The summed E-state index contributed by atoms with van der Waals surface area (Å²) in [4.78, 5) is 13.7. The van der Waals surface area contributed by atoms with Crippen molar-refractivity contribution in [2.75, 3.05) is 26.7 Å². The summed E-state index contributed by atoms with van der Waals surface area (Å²) in [5.41, 5.74) is 0. The van der Waals surface area contributed by atoms with Gasteiger partial charge in [0, 0.05) is 39.2 Å². The average molecular weight is 256 g/mol. The van der Waals surface area contributed by atoms with Gasteiger partial charge >= 0.3 is 0 Å². The van der Waals surface area contributed by atoms with Crippen LogP contribution in [0.2, 0.25) is 0 Å². The van der Waals surface area contributed by atoms with Crippen molar-refractivity contribution in [3.8, 4) is 0 Å². The molecule has 0 aromatic heterocycles. The largest absolute Gasteiger partial charge is 0.381 e. The molecule has 1 fully saturated rings. The molecule has 1 aliphatic rings. The lowest BCUT2D eigenvalue weighted by Crippen LogP contribution is -2.39. The minimum atomic E-state index is 0.256. The first-order valence-electron chi connectivity index (χ1n) is 7.25. The van der Waals surface area contributed by atoms with Crippen LogP contribution in [0.25, 0.3) is 0 Å². The van der Waals surface area contributed by atoms with E-state index in [-0.39, 0.29) is 5.91 Å². The molecule has 0 heterocycles. The van der Waals surface area contributed by atoms with E-state index in [1.807, 2.05) is 18.7 Å². The Labute approximate surface area is 111 Å². The normalized spacial score (nSPS) is 23.9. The van der Waals surface area contributed by atoms with Crippen LogP contribution in [-0.2, 0) is 9.53 Å². The third-order valence-corrected chi connectivity index (χ3v) is 3.85. The number of nitrogens with zero attached hydrogens (tertiary/aromatic N) is 1. The molecule has 4 heteroatoms. The third-order valence-electron chi connectivity index (χ3n) is 3.85. The van der Waals surface area contributed by atoms with Crippen molar-refractivity contribution in [1.82, 2.24) is 10.2 Å². The van der Waals surface area contributed by atoms with Gasteiger partial charge in [-0.25, -0.2) is 0 Å². The Balaban J connectivity index is 2.19. The molecule has 2 atom stereocenters. The van der Waals surface area contributed by atoms with Gasteiger partial charge < -0.3 is 15.0 Å². The molecule has 0 radical (unpaired) electrons. The average Bonchev–Trinajstić information content (AvgIpc) is 2.40. The molecule has 106 valence electrons. The first kappa shape index (κ1) is 15.4. The van der Waals surface area contributed by atoms with Crippen LogP contribution in [0.3, 0.4) is 0 Å². The van der Waals surface area contributed by atoms with Crippen LogP contribution in [0.1, 0.15) is 46.0 Å². The molecule has 4 nitrogen and oxygen atoms in total. The Morgan fingerprint density at radius 3 is 2.67 bits per heavy atom. The zero-order valence-corrected chi connectivity index (χ0v) is 12.1. The second-order valence-electron chi connectivity index (χ2n) is 4.99. The van der Waals surface area contributed by atoms with Gasteiger partial charge in [0.15, 0.2) is 0 Å². The topological polar surface area (TPSA) is 41.6 Å². The third kappa shape index (κ3) is 4.94. The monoisotopic (exact) mass is 256 g/mol. The first-order chi connectivity index (χ1) is 8.71. The smallest absolute Gasteiger partial charge is 0.223 e. The summed E-state index contributed by atoms with van der Waals surface area (Å²) >= 11 is 0. The molecule has 1 rings (SSSR count). The summed E-state index contributed by atoms with van der Waals surface area (Å²) in [6, 6.07) is 0.521. The SMILES string of the molecule is CCN(CC)C(=O)CCNC1CCCC(OC)C1. The fourth-order valence-electron chi connectivity index (χ4n) is 2.66. The molecule has 0 saturated heterocycles. The second-order valence-corrected chi connectivity index (χ2v) is 4.99. The molecule has 1 aliphatic carbocycles. The van der Waals surface area contributed by atoms with E-state index >= 15 is 0 Å². The number of rotatable bonds is 7. The Bertz CT molecular complexity index is 242. The van der Waals surface area contributed by atoms with E-state index in [9.17, 15) is 4.79 Å². The second kappa shape index (κ2) is 8.48. The zero-order chi connectivity index (χ0) is 13.4. The number of carbonyl (C=O) groups excluding carboxylic acids is 1. The van der Waals surface area contributed by atoms with Crippen molar-refractivity contribution in [2.45, 2.75) is 58.1 Å². The van der Waals surface area contributed by atoms with E-state index in [0.717, 1.165) is 26.1 Å². The van der Waals surface area contributed by atoms with Crippen LogP contribution in [-0.4, -0.2) is 49.7 Å². The van der Waals surface area contributed by atoms with E-state index in [2.05, 4.69) is 5.32 Å². The lowest BCUT2D eigenvalue weighted by atomic mass is 9.93. The van der Waals surface area contributed by atoms with Gasteiger partial charge in [-0.15, -0.1) is 0 Å². The number of hydrogen-bond donors (Lipinski definition) is 1. The highest BCUT2D eigenvalue weighted by molar-refractivity contribution is 5.76. The van der Waals surface area contributed by atoms with E-state index < -0.39 is 0 Å². The van der Waals surface area contributed by atoms with Gasteiger partial charge in [-0.2, -0.15) is 0 Å². The van der Waals surface area contributed by atoms with Crippen molar-refractivity contribution in [2.24, 2.45) is 0 Å². The van der Waals surface area contributed by atoms with Crippen molar-refractivity contribution < 1.29 is 9.53 Å². The van der Waals surface area contributed by atoms with Gasteiger partial charge in [-0.1, -0.05) is 0 Å². The molecule has 2 unspecified atom stereocenters. The minimum Gasteiger partial charge on any atom is -0.381 e. The minimum absolute atomic E-state index is 0.256. The van der Waals surface area contributed by atoms with Crippen molar-refractivity contribution in [1.29, 1.82) is 0 Å². The van der Waals surface area contributed by atoms with Gasteiger partial charge in [-0.3, -0.25) is 4.79 Å². The summed E-state index contributed by atoms with van der Waals surface area (Å²) in [6.45, 7) is 6.46. The highest BCUT2D eigenvalue weighted by Crippen LogP contribution is 2.20. The maximum absolute atomic E-state index is 11.8. The Morgan fingerprint density at radius 2 is 2.06 bits per heavy atom. The zero-order valence-electron chi connectivity index (χ0n) is 12.1. The van der Waals surface area contributed by atoms with Crippen LogP contribution >= 0.6 is 0 Å². The fourth-order valence-corrected chi connectivity index (χ4v) is 2.66. The van der Waals surface area contributed by atoms with Crippen molar-refractivity contribution >= 4 is 5.91 Å². The van der Waals surface area contributed by atoms with Crippen molar-refractivity contribution in [3.63, 3.8) is 0 Å². The molecular weight excluding hydrogens is 228 g/mol. The number of nitrogens with one attached hydrogen (secondary N) is 1. The number of carbonyl (C=O) groups is 1. The van der Waals surface area contributed by atoms with Gasteiger partial charge in [0.2, 0.25) is 5.91 Å². The molecule has 1 N–H and O–H groups in total. The molecule has 18 heavy (non-hydrogen) atoms. The predicted molar refractivity (Wildman–Crippen MR) is 73.6 cm³/mol. The van der Waals surface area contributed by atoms with Crippen LogP contribution < -0.4 is 5.32 Å². The number of methoxy groups -OCH3 is 1. The molecule has 0 spiro atoms. The summed E-state index contributed by atoms with van der Waals surface area (Å²) < 4.78 is 5.41. The molecule has 1 saturated carbocycles. The number of ether oxygens (including phenoxy) is 1. The van der Waals surface area contributed by atoms with Gasteiger partial charge in [-0.05, 0) is 39.5 Å². The fraction of sp³-hybridized carbons (Fsp3) is 0.929. The standard InChI is InChI=1S/C14H28N2O2/c1-4-16(5-2)14(17)9-10-15-12-7-6-8-13(11-12)18-3/h12-13,15H,4-11H2,1-3H3. The molecule has 0 aromatic carbocycles. The lowest BCUT2D eigenvalue weighted by Gasteiger charge is -2.29. The summed E-state index contributed by atoms with van der Waals surface area (Å²) in [5.74, 6) is 0.256. The summed E-state index contributed by atoms with van der Waals surface area (Å²) in [5, 5.41) is 3.49. The Kier molecular flexibility index (Phi) is 7.28. The molecule has 0 bridgehead atoms. The van der Waals surface area contributed by atoms with E-state index in [1.54, 1.807) is 7.11 Å². The van der Waals surface area contributed by atoms with Gasteiger partial charge in [0.1, 0.15) is 0 Å². The molecular formula is C14H28N2O2. The van der Waals surface area contributed by atoms with Crippen LogP contribution in [0.5, 0.6) is 0 Å². The summed E-state index contributed by atoms with van der Waals surface area (Å²) in [6.07, 6.45) is 5.69. The Morgan fingerprint density at radius 1 is 1.33 bits per heavy atom. The summed E-state index contributed by atoms with van der Waals surface area (Å²) in [7, 11) is 1.79. The first-order valence-corrected chi connectivity index (χ1v) is 7.25. The molecule has 0 aliphatic heterocycles. The quantitative estimate of drug-likeness (QED) is 0.755. The van der Waals surface area contributed by atoms with E-state index in [4.69, 9.17) is 4.74 Å². The lowest BCUT2D eigenvalue weighted by molar-refractivity contribution is -0.130. The van der Waals surface area contributed by atoms with Gasteiger partial charge in [0.05, 0.1) is 6.10 Å². The number of hydrogen-bond acceptors (Lipinski definition) is 3. The van der Waals surface area contributed by atoms with Crippen molar-refractivity contribution in [3.05, 3.63) is 0 Å². The maximum atomic E-state index is 11.8. The van der Waals surface area contributed by atoms with E-state index in [0.29, 0.717) is 18.6 Å². The highest BCUT2D eigenvalue weighted by Gasteiger charge is 2.21. The maximum Gasteiger partial charge on any atom is 0.223 e. The molecule has 0 aromatic rings.